The summed E-state index contributed by atoms with van der Waals surface area (Å²) in [5.74, 6) is -0.570. The van der Waals surface area contributed by atoms with E-state index in [0.717, 1.165) is 60.1 Å². The summed E-state index contributed by atoms with van der Waals surface area (Å²) in [6.45, 7) is 6.14. The van der Waals surface area contributed by atoms with Crippen LogP contribution in [0.4, 0.5) is 9.59 Å². The van der Waals surface area contributed by atoms with Gasteiger partial charge in [-0.15, -0.1) is 0 Å². The first-order chi connectivity index (χ1) is 18.4. The normalized spacial score (nSPS) is 15.2. The summed E-state index contributed by atoms with van der Waals surface area (Å²) < 4.78 is 10.6. The largest absolute Gasteiger partial charge is 0.517 e. The third-order valence-corrected chi connectivity index (χ3v) is 7.30. The van der Waals surface area contributed by atoms with Crippen molar-refractivity contribution in [3.63, 3.8) is 0 Å². The Kier molecular flexibility index (Phi) is 9.21. The molecule has 0 spiro atoms. The second kappa shape index (κ2) is 12.8. The predicted octanol–water partition coefficient (Wildman–Crippen LogP) is 6.77. The first kappa shape index (κ1) is 27.4. The standard InChI is InChI=1S/C31H38N2O5/c1-4-5-19-33(28(21(2)3)29(34)32-22-13-7-6-8-14-22)30(35)38-31(36)37-20-27-25-17-11-9-15-23(25)24-16-10-12-18-26(24)27/h9-13,15-18,21,27-28H,4-8,14,19-20H2,1-3H3,(H,32,34). The summed E-state index contributed by atoms with van der Waals surface area (Å²) in [4.78, 5) is 40.5. The molecule has 1 N–H and O–H groups in total. The molecule has 0 radical (unpaired) electrons. The number of ether oxygens (including phenoxy) is 2. The number of benzene rings is 2. The van der Waals surface area contributed by atoms with Gasteiger partial charge in [0.25, 0.3) is 0 Å². The van der Waals surface area contributed by atoms with Crippen molar-refractivity contribution in [1.29, 1.82) is 0 Å². The summed E-state index contributed by atoms with van der Waals surface area (Å²) in [6.07, 6.45) is 5.53. The van der Waals surface area contributed by atoms with Crippen molar-refractivity contribution < 1.29 is 23.9 Å². The van der Waals surface area contributed by atoms with Gasteiger partial charge in [0, 0.05) is 18.2 Å². The van der Waals surface area contributed by atoms with E-state index >= 15 is 0 Å². The zero-order valence-electron chi connectivity index (χ0n) is 22.6. The van der Waals surface area contributed by atoms with E-state index in [1.807, 2.05) is 63.2 Å². The van der Waals surface area contributed by atoms with Crippen LogP contribution >= 0.6 is 0 Å². The number of carbonyl (C=O) groups excluding carboxylic acids is 3. The molecule has 2 aromatic rings. The van der Waals surface area contributed by atoms with Gasteiger partial charge in [0.2, 0.25) is 5.91 Å². The number of nitrogens with one attached hydrogen (secondary N) is 1. The van der Waals surface area contributed by atoms with Crippen LogP contribution in [0.1, 0.15) is 76.3 Å². The Bertz CT molecular complexity index is 1140. The van der Waals surface area contributed by atoms with Crippen LogP contribution in [-0.4, -0.2) is 42.2 Å². The highest BCUT2D eigenvalue weighted by Crippen LogP contribution is 2.44. The smallest absolute Gasteiger partial charge is 0.433 e. The minimum atomic E-state index is -1.06. The lowest BCUT2D eigenvalue weighted by Gasteiger charge is -2.32. The van der Waals surface area contributed by atoms with Gasteiger partial charge in [-0.3, -0.25) is 9.69 Å². The topological polar surface area (TPSA) is 84.9 Å². The van der Waals surface area contributed by atoms with E-state index in [0.29, 0.717) is 13.0 Å². The molecule has 1 unspecified atom stereocenters. The van der Waals surface area contributed by atoms with Crippen molar-refractivity contribution in [3.05, 3.63) is 71.4 Å². The number of allylic oxidation sites excluding steroid dienone is 2. The summed E-state index contributed by atoms with van der Waals surface area (Å²) in [5, 5.41) is 3.00. The van der Waals surface area contributed by atoms with E-state index in [9.17, 15) is 14.4 Å². The molecule has 2 amide bonds. The van der Waals surface area contributed by atoms with Crippen LogP contribution in [-0.2, 0) is 14.3 Å². The van der Waals surface area contributed by atoms with Gasteiger partial charge in [0.05, 0.1) is 0 Å². The second-order valence-corrected chi connectivity index (χ2v) is 10.4. The van der Waals surface area contributed by atoms with Crippen LogP contribution in [0.2, 0.25) is 0 Å². The minimum Gasteiger partial charge on any atom is -0.433 e. The van der Waals surface area contributed by atoms with Gasteiger partial charge in [-0.05, 0) is 60.3 Å². The van der Waals surface area contributed by atoms with E-state index in [-0.39, 0.29) is 24.3 Å². The van der Waals surface area contributed by atoms with Crippen LogP contribution in [0, 0.1) is 5.92 Å². The molecule has 2 aliphatic carbocycles. The molecule has 202 valence electrons. The van der Waals surface area contributed by atoms with Crippen molar-refractivity contribution in [2.45, 2.75) is 71.3 Å². The van der Waals surface area contributed by atoms with Gasteiger partial charge >= 0.3 is 12.2 Å². The van der Waals surface area contributed by atoms with Crippen LogP contribution in [0.5, 0.6) is 0 Å². The van der Waals surface area contributed by atoms with Gasteiger partial charge in [0.1, 0.15) is 12.6 Å². The maximum atomic E-state index is 13.3. The fourth-order valence-electron chi connectivity index (χ4n) is 5.41. The SMILES string of the molecule is CCCCN(C(=O)OC(=O)OCC1c2ccccc2-c2ccccc21)C(C(=O)NC1=CCCCC1)C(C)C. The van der Waals surface area contributed by atoms with E-state index in [1.54, 1.807) is 0 Å². The number of rotatable bonds is 9. The maximum Gasteiger partial charge on any atom is 0.517 e. The molecular formula is C31H38N2O5. The second-order valence-electron chi connectivity index (χ2n) is 10.4. The van der Waals surface area contributed by atoms with Crippen LogP contribution < -0.4 is 5.32 Å². The van der Waals surface area contributed by atoms with Crippen molar-refractivity contribution in [2.24, 2.45) is 5.92 Å². The van der Waals surface area contributed by atoms with E-state index in [4.69, 9.17) is 9.47 Å². The molecule has 7 heteroatoms. The lowest BCUT2D eigenvalue weighted by atomic mass is 9.98. The van der Waals surface area contributed by atoms with E-state index in [1.165, 1.54) is 4.90 Å². The lowest BCUT2D eigenvalue weighted by Crippen LogP contribution is -2.53. The monoisotopic (exact) mass is 518 g/mol. The van der Waals surface area contributed by atoms with Crippen molar-refractivity contribution in [2.75, 3.05) is 13.2 Å². The molecule has 4 rings (SSSR count). The molecule has 0 fully saturated rings. The van der Waals surface area contributed by atoms with Crippen molar-refractivity contribution in [1.82, 2.24) is 10.2 Å². The van der Waals surface area contributed by atoms with Crippen molar-refractivity contribution in [3.8, 4) is 11.1 Å². The average molecular weight is 519 g/mol. The first-order valence-corrected chi connectivity index (χ1v) is 13.7. The molecule has 1 atom stereocenters. The molecule has 0 aromatic heterocycles. The summed E-state index contributed by atoms with van der Waals surface area (Å²) in [5.41, 5.74) is 5.28. The highest BCUT2D eigenvalue weighted by Gasteiger charge is 2.35. The summed E-state index contributed by atoms with van der Waals surface area (Å²) >= 11 is 0. The minimum absolute atomic E-state index is 0.0529. The Balaban J connectivity index is 1.43. The fraction of sp³-hybridized carbons (Fsp3) is 0.452. The Morgan fingerprint density at radius 2 is 1.66 bits per heavy atom. The number of hydrogen-bond acceptors (Lipinski definition) is 5. The average Bonchev–Trinajstić information content (AvgIpc) is 3.23. The zero-order chi connectivity index (χ0) is 27.1. The number of unbranched alkanes of at least 4 members (excludes halogenated alkanes) is 1. The number of hydrogen-bond donors (Lipinski definition) is 1. The first-order valence-electron chi connectivity index (χ1n) is 13.7. The number of nitrogens with zero attached hydrogens (tertiary/aromatic N) is 1. The van der Waals surface area contributed by atoms with Crippen molar-refractivity contribution >= 4 is 18.2 Å². The summed E-state index contributed by atoms with van der Waals surface area (Å²) in [7, 11) is 0. The molecule has 0 bridgehead atoms. The number of amides is 2. The molecular weight excluding hydrogens is 480 g/mol. The predicted molar refractivity (Wildman–Crippen MR) is 146 cm³/mol. The van der Waals surface area contributed by atoms with Gasteiger partial charge in [-0.2, -0.15) is 0 Å². The molecule has 0 saturated heterocycles. The van der Waals surface area contributed by atoms with Crippen LogP contribution in [0.3, 0.4) is 0 Å². The summed E-state index contributed by atoms with van der Waals surface area (Å²) in [6, 6.07) is 15.3. The van der Waals surface area contributed by atoms with E-state index in [2.05, 4.69) is 17.4 Å². The fourth-order valence-corrected chi connectivity index (χ4v) is 5.41. The maximum absolute atomic E-state index is 13.3. The molecule has 0 aliphatic heterocycles. The molecule has 2 aliphatic rings. The Morgan fingerprint density at radius 3 is 2.24 bits per heavy atom. The van der Waals surface area contributed by atoms with E-state index < -0.39 is 18.3 Å². The number of fused-ring (bicyclic) bond motifs is 3. The Hall–Kier alpha value is -3.61. The molecule has 0 saturated carbocycles. The molecule has 0 heterocycles. The zero-order valence-corrected chi connectivity index (χ0v) is 22.6. The van der Waals surface area contributed by atoms with Gasteiger partial charge < -0.3 is 14.8 Å². The number of carbonyl (C=O) groups is 3. The van der Waals surface area contributed by atoms with Gasteiger partial charge in [-0.25, -0.2) is 9.59 Å². The third-order valence-electron chi connectivity index (χ3n) is 7.30. The van der Waals surface area contributed by atoms with Crippen LogP contribution in [0.25, 0.3) is 11.1 Å². The molecule has 38 heavy (non-hydrogen) atoms. The quantitative estimate of drug-likeness (QED) is 0.292. The highest BCUT2D eigenvalue weighted by atomic mass is 16.7. The van der Waals surface area contributed by atoms with Crippen LogP contribution in [0.15, 0.2) is 60.3 Å². The third kappa shape index (κ3) is 6.26. The lowest BCUT2D eigenvalue weighted by molar-refractivity contribution is -0.126. The van der Waals surface area contributed by atoms with Gasteiger partial charge in [0.15, 0.2) is 0 Å². The molecule has 2 aromatic carbocycles. The molecule has 7 nitrogen and oxygen atoms in total. The highest BCUT2D eigenvalue weighted by molar-refractivity contribution is 5.89. The Labute approximate surface area is 225 Å². The van der Waals surface area contributed by atoms with Gasteiger partial charge in [-0.1, -0.05) is 81.8 Å². The Morgan fingerprint density at radius 1 is 1.00 bits per heavy atom.